The number of piperidine rings is 1. The normalized spacial score (nSPS) is 16.2. The van der Waals surface area contributed by atoms with E-state index in [-0.39, 0.29) is 0 Å². The van der Waals surface area contributed by atoms with Crippen LogP contribution in [-0.2, 0) is 0 Å². The second kappa shape index (κ2) is 6.05. The number of aromatic nitrogens is 2. The Labute approximate surface area is 118 Å². The quantitative estimate of drug-likeness (QED) is 0.923. The van der Waals surface area contributed by atoms with Crippen LogP contribution >= 0.6 is 0 Å². The van der Waals surface area contributed by atoms with Gasteiger partial charge in [0.2, 0.25) is 0 Å². The van der Waals surface area contributed by atoms with Crippen LogP contribution in [-0.4, -0.2) is 36.8 Å². The SMILES string of the molecule is COc1ncc2ccc(OCC3CCNCC3)cc2n1. The second-order valence-electron chi connectivity index (χ2n) is 5.08. The Balaban J connectivity index is 1.71. The monoisotopic (exact) mass is 273 g/mol. The molecule has 0 saturated carbocycles. The molecule has 5 nitrogen and oxygen atoms in total. The fraction of sp³-hybridized carbons (Fsp3) is 0.467. The van der Waals surface area contributed by atoms with E-state index in [0.29, 0.717) is 11.9 Å². The van der Waals surface area contributed by atoms with Crippen molar-refractivity contribution < 1.29 is 9.47 Å². The molecule has 1 aromatic heterocycles. The smallest absolute Gasteiger partial charge is 0.316 e. The summed E-state index contributed by atoms with van der Waals surface area (Å²) in [4.78, 5) is 8.42. The Morgan fingerprint density at radius 1 is 1.30 bits per heavy atom. The van der Waals surface area contributed by atoms with E-state index in [9.17, 15) is 0 Å². The maximum atomic E-state index is 5.90. The molecule has 0 unspecified atom stereocenters. The third-order valence-electron chi connectivity index (χ3n) is 3.66. The number of fused-ring (bicyclic) bond motifs is 1. The van der Waals surface area contributed by atoms with Gasteiger partial charge >= 0.3 is 6.01 Å². The van der Waals surface area contributed by atoms with Crippen molar-refractivity contribution in [1.29, 1.82) is 0 Å². The van der Waals surface area contributed by atoms with Crippen molar-refractivity contribution in [3.63, 3.8) is 0 Å². The van der Waals surface area contributed by atoms with Gasteiger partial charge in [0.15, 0.2) is 0 Å². The van der Waals surface area contributed by atoms with Gasteiger partial charge in [0.05, 0.1) is 19.2 Å². The minimum Gasteiger partial charge on any atom is -0.493 e. The molecule has 1 aromatic carbocycles. The molecule has 2 aromatic rings. The number of rotatable bonds is 4. The van der Waals surface area contributed by atoms with Gasteiger partial charge in [-0.05, 0) is 44.0 Å². The van der Waals surface area contributed by atoms with Gasteiger partial charge in [0, 0.05) is 17.6 Å². The van der Waals surface area contributed by atoms with Gasteiger partial charge in [-0.15, -0.1) is 0 Å². The standard InChI is InChI=1S/C15H19N3O2/c1-19-15-17-9-12-2-3-13(8-14(12)18-15)20-10-11-4-6-16-7-5-11/h2-3,8-9,11,16H,4-7,10H2,1H3. The lowest BCUT2D eigenvalue weighted by Gasteiger charge is -2.22. The first-order valence-electron chi connectivity index (χ1n) is 6.99. The average molecular weight is 273 g/mol. The van der Waals surface area contributed by atoms with Gasteiger partial charge in [-0.25, -0.2) is 4.98 Å². The topological polar surface area (TPSA) is 56.3 Å². The highest BCUT2D eigenvalue weighted by Crippen LogP contribution is 2.22. The number of hydrogen-bond donors (Lipinski definition) is 1. The maximum absolute atomic E-state index is 5.90. The predicted octanol–water partition coefficient (Wildman–Crippen LogP) is 2.02. The van der Waals surface area contributed by atoms with Gasteiger partial charge in [-0.3, -0.25) is 0 Å². The zero-order valence-electron chi connectivity index (χ0n) is 11.6. The van der Waals surface area contributed by atoms with Crippen molar-refractivity contribution in [1.82, 2.24) is 15.3 Å². The summed E-state index contributed by atoms with van der Waals surface area (Å²) in [5.41, 5.74) is 0.847. The van der Waals surface area contributed by atoms with Crippen molar-refractivity contribution in [3.8, 4) is 11.8 Å². The number of hydrogen-bond acceptors (Lipinski definition) is 5. The summed E-state index contributed by atoms with van der Waals surface area (Å²) in [5, 5.41) is 4.35. The minimum atomic E-state index is 0.382. The fourth-order valence-corrected chi connectivity index (χ4v) is 2.44. The van der Waals surface area contributed by atoms with Crippen LogP contribution in [0.3, 0.4) is 0 Å². The molecule has 0 spiro atoms. The molecule has 0 aliphatic carbocycles. The van der Waals surface area contributed by atoms with E-state index in [1.165, 1.54) is 12.8 Å². The average Bonchev–Trinajstić information content (AvgIpc) is 2.53. The van der Waals surface area contributed by atoms with Gasteiger partial charge in [-0.2, -0.15) is 4.98 Å². The first-order valence-corrected chi connectivity index (χ1v) is 6.99. The molecule has 1 aliphatic heterocycles. The minimum absolute atomic E-state index is 0.382. The van der Waals surface area contributed by atoms with Gasteiger partial charge in [0.1, 0.15) is 5.75 Å². The Bertz CT molecular complexity index is 582. The van der Waals surface area contributed by atoms with E-state index in [4.69, 9.17) is 9.47 Å². The van der Waals surface area contributed by atoms with Crippen molar-refractivity contribution >= 4 is 10.9 Å². The van der Waals surface area contributed by atoms with E-state index in [1.54, 1.807) is 13.3 Å². The van der Waals surface area contributed by atoms with Crippen molar-refractivity contribution in [2.45, 2.75) is 12.8 Å². The summed E-state index contributed by atoms with van der Waals surface area (Å²) < 4.78 is 10.9. The van der Waals surface area contributed by atoms with Gasteiger partial charge in [0.25, 0.3) is 0 Å². The molecule has 1 aliphatic rings. The Morgan fingerprint density at radius 3 is 2.95 bits per heavy atom. The molecule has 20 heavy (non-hydrogen) atoms. The summed E-state index contributed by atoms with van der Waals surface area (Å²) in [6.45, 7) is 2.96. The first kappa shape index (κ1) is 13.1. The van der Waals surface area contributed by atoms with E-state index in [1.807, 2.05) is 18.2 Å². The molecule has 106 valence electrons. The molecular formula is C15H19N3O2. The lowest BCUT2D eigenvalue weighted by molar-refractivity contribution is 0.215. The summed E-state index contributed by atoms with van der Waals surface area (Å²) in [6.07, 6.45) is 4.13. The van der Waals surface area contributed by atoms with Crippen LogP contribution in [0.15, 0.2) is 24.4 Å². The van der Waals surface area contributed by atoms with Crippen molar-refractivity contribution in [2.75, 3.05) is 26.8 Å². The van der Waals surface area contributed by atoms with Gasteiger partial charge in [-0.1, -0.05) is 0 Å². The third-order valence-corrected chi connectivity index (χ3v) is 3.66. The lowest BCUT2D eigenvalue weighted by atomic mass is 9.99. The zero-order valence-corrected chi connectivity index (χ0v) is 11.6. The molecule has 5 heteroatoms. The highest BCUT2D eigenvalue weighted by molar-refractivity contribution is 5.79. The summed E-state index contributed by atoms with van der Waals surface area (Å²) in [5.74, 6) is 1.50. The van der Waals surface area contributed by atoms with Crippen molar-refractivity contribution in [2.24, 2.45) is 5.92 Å². The molecule has 2 heterocycles. The highest BCUT2D eigenvalue weighted by atomic mass is 16.5. The molecule has 0 atom stereocenters. The molecule has 0 bridgehead atoms. The molecule has 1 saturated heterocycles. The first-order chi connectivity index (χ1) is 9.85. The van der Waals surface area contributed by atoms with Crippen LogP contribution in [0.4, 0.5) is 0 Å². The fourth-order valence-electron chi connectivity index (χ4n) is 2.44. The summed E-state index contributed by atoms with van der Waals surface area (Å²) in [7, 11) is 1.57. The van der Waals surface area contributed by atoms with Crippen LogP contribution in [0, 0.1) is 5.92 Å². The van der Waals surface area contributed by atoms with Crippen LogP contribution in [0.1, 0.15) is 12.8 Å². The molecular weight excluding hydrogens is 254 g/mol. The van der Waals surface area contributed by atoms with Crippen LogP contribution in [0.5, 0.6) is 11.8 Å². The maximum Gasteiger partial charge on any atom is 0.316 e. The number of methoxy groups -OCH3 is 1. The number of ether oxygens (including phenoxy) is 2. The van der Waals surface area contributed by atoms with E-state index >= 15 is 0 Å². The van der Waals surface area contributed by atoms with E-state index in [0.717, 1.165) is 36.3 Å². The Hall–Kier alpha value is -1.88. The molecule has 1 fully saturated rings. The largest absolute Gasteiger partial charge is 0.493 e. The zero-order chi connectivity index (χ0) is 13.8. The highest BCUT2D eigenvalue weighted by Gasteiger charge is 2.13. The second-order valence-corrected chi connectivity index (χ2v) is 5.08. The molecule has 0 radical (unpaired) electrons. The Morgan fingerprint density at radius 2 is 2.15 bits per heavy atom. The predicted molar refractivity (Wildman–Crippen MR) is 77.2 cm³/mol. The van der Waals surface area contributed by atoms with Crippen LogP contribution in [0.2, 0.25) is 0 Å². The molecule has 1 N–H and O–H groups in total. The number of benzene rings is 1. The lowest BCUT2D eigenvalue weighted by Crippen LogP contribution is -2.30. The Kier molecular flexibility index (Phi) is 3.97. The van der Waals surface area contributed by atoms with E-state index in [2.05, 4.69) is 15.3 Å². The summed E-state index contributed by atoms with van der Waals surface area (Å²) in [6, 6.07) is 6.28. The summed E-state index contributed by atoms with van der Waals surface area (Å²) >= 11 is 0. The van der Waals surface area contributed by atoms with E-state index < -0.39 is 0 Å². The third kappa shape index (κ3) is 2.99. The number of nitrogens with zero attached hydrogens (tertiary/aromatic N) is 2. The van der Waals surface area contributed by atoms with Crippen LogP contribution < -0.4 is 14.8 Å². The molecule has 0 amide bonds. The molecule has 3 rings (SSSR count). The van der Waals surface area contributed by atoms with Crippen molar-refractivity contribution in [3.05, 3.63) is 24.4 Å². The number of nitrogens with one attached hydrogen (secondary N) is 1. The van der Waals surface area contributed by atoms with Gasteiger partial charge < -0.3 is 14.8 Å². The van der Waals surface area contributed by atoms with Crippen LogP contribution in [0.25, 0.3) is 10.9 Å².